The van der Waals surface area contributed by atoms with Crippen molar-refractivity contribution < 1.29 is 9.94 Å². The summed E-state index contributed by atoms with van der Waals surface area (Å²) in [5.41, 5.74) is 3.76. The van der Waals surface area contributed by atoms with Crippen molar-refractivity contribution in [2.45, 2.75) is 32.6 Å². The van der Waals surface area contributed by atoms with Crippen LogP contribution in [-0.4, -0.2) is 5.21 Å². The second kappa shape index (κ2) is 3.30. The lowest BCUT2D eigenvalue weighted by molar-refractivity contribution is -0.910. The zero-order valence-electron chi connectivity index (χ0n) is 8.25. The van der Waals surface area contributed by atoms with Gasteiger partial charge in [-0.05, 0) is 31.7 Å². The largest absolute Gasteiger partial charge is 0.285 e. The lowest BCUT2D eigenvalue weighted by Crippen LogP contribution is -2.38. The average molecular weight is 189 g/mol. The molecule has 1 heterocycles. The Labute approximate surface area is 83.2 Å². The van der Waals surface area contributed by atoms with Gasteiger partial charge in [0, 0.05) is 16.7 Å². The number of aromatic nitrogens is 1. The molecule has 0 aromatic carbocycles. The van der Waals surface area contributed by atoms with Crippen LogP contribution in [0.4, 0.5) is 0 Å². The van der Waals surface area contributed by atoms with Gasteiger partial charge in [0.1, 0.15) is 11.6 Å². The fourth-order valence-corrected chi connectivity index (χ4v) is 2.12. The van der Waals surface area contributed by atoms with Gasteiger partial charge in [0.25, 0.3) is 0 Å². The summed E-state index contributed by atoms with van der Waals surface area (Å²) in [6, 6.07) is 2.11. The summed E-state index contributed by atoms with van der Waals surface area (Å²) < 4.78 is 1.13. The van der Waals surface area contributed by atoms with Crippen LogP contribution in [0.3, 0.4) is 0 Å². The smallest absolute Gasteiger partial charge is 0.240 e. The zero-order chi connectivity index (χ0) is 10.1. The molecule has 2 rings (SSSR count). The quantitative estimate of drug-likeness (QED) is 0.493. The number of fused-ring (bicyclic) bond motifs is 1. The fourth-order valence-electron chi connectivity index (χ4n) is 2.12. The van der Waals surface area contributed by atoms with E-state index < -0.39 is 0 Å². The predicted octanol–water partition coefficient (Wildman–Crippen LogP) is 1.27. The van der Waals surface area contributed by atoms with Gasteiger partial charge in [-0.2, -0.15) is 5.26 Å². The molecule has 0 saturated carbocycles. The number of nitrogens with zero attached hydrogens (tertiary/aromatic N) is 2. The van der Waals surface area contributed by atoms with Gasteiger partial charge in [-0.15, -0.1) is 0 Å². The standard InChI is InChI=1S/C11H13N2O/c1-8-9(6-12)7-13(14)11-5-3-2-4-10(8)11/h7,14H,2-5H2,1H3/q+1. The van der Waals surface area contributed by atoms with Gasteiger partial charge in [-0.1, -0.05) is 0 Å². The molecule has 3 nitrogen and oxygen atoms in total. The van der Waals surface area contributed by atoms with Gasteiger partial charge in [0.2, 0.25) is 11.9 Å². The maximum atomic E-state index is 9.66. The van der Waals surface area contributed by atoms with Gasteiger partial charge in [0.05, 0.1) is 0 Å². The van der Waals surface area contributed by atoms with E-state index in [0.717, 1.165) is 47.2 Å². The molecular weight excluding hydrogens is 176 g/mol. The Hall–Kier alpha value is -1.56. The van der Waals surface area contributed by atoms with Crippen LogP contribution < -0.4 is 4.73 Å². The highest BCUT2D eigenvalue weighted by molar-refractivity contribution is 5.40. The molecule has 0 radical (unpaired) electrons. The molecular formula is C11H13N2O+. The Kier molecular flexibility index (Phi) is 2.12. The third kappa shape index (κ3) is 1.24. The number of pyridine rings is 1. The van der Waals surface area contributed by atoms with Crippen molar-refractivity contribution in [2.75, 3.05) is 0 Å². The monoisotopic (exact) mass is 189 g/mol. The van der Waals surface area contributed by atoms with Crippen LogP contribution in [0.2, 0.25) is 0 Å². The summed E-state index contributed by atoms with van der Waals surface area (Å²) in [6.45, 7) is 1.96. The topological polar surface area (TPSA) is 47.9 Å². The molecule has 0 aliphatic heterocycles. The zero-order valence-corrected chi connectivity index (χ0v) is 8.25. The summed E-state index contributed by atoms with van der Waals surface area (Å²) in [5, 5.41) is 18.5. The number of rotatable bonds is 0. The minimum Gasteiger partial charge on any atom is -0.285 e. The van der Waals surface area contributed by atoms with Crippen molar-refractivity contribution in [3.05, 3.63) is 28.6 Å². The lowest BCUT2D eigenvalue weighted by atomic mass is 9.91. The molecule has 1 aliphatic carbocycles. The molecule has 1 aliphatic rings. The molecule has 0 atom stereocenters. The van der Waals surface area contributed by atoms with Crippen LogP contribution in [0, 0.1) is 18.3 Å². The molecule has 0 amide bonds. The Morgan fingerprint density at radius 3 is 2.86 bits per heavy atom. The molecule has 1 aromatic rings. The number of hydrogen-bond donors (Lipinski definition) is 1. The molecule has 1 N–H and O–H groups in total. The predicted molar refractivity (Wildman–Crippen MR) is 49.9 cm³/mol. The van der Waals surface area contributed by atoms with Gasteiger partial charge in [0.15, 0.2) is 0 Å². The first-order chi connectivity index (χ1) is 6.74. The average Bonchev–Trinajstić information content (AvgIpc) is 2.23. The van der Waals surface area contributed by atoms with E-state index >= 15 is 0 Å². The Morgan fingerprint density at radius 2 is 2.14 bits per heavy atom. The molecule has 72 valence electrons. The molecule has 14 heavy (non-hydrogen) atoms. The SMILES string of the molecule is Cc1c(C#N)c[n+](O)c2c1CCCC2. The number of hydrogen-bond acceptors (Lipinski definition) is 2. The Bertz CT molecular complexity index is 415. The van der Waals surface area contributed by atoms with E-state index in [2.05, 4.69) is 6.07 Å². The van der Waals surface area contributed by atoms with Crippen molar-refractivity contribution in [3.8, 4) is 6.07 Å². The molecule has 0 bridgehead atoms. The van der Waals surface area contributed by atoms with E-state index in [4.69, 9.17) is 5.26 Å². The van der Waals surface area contributed by atoms with Crippen molar-refractivity contribution >= 4 is 0 Å². The van der Waals surface area contributed by atoms with Crippen molar-refractivity contribution in [1.29, 1.82) is 5.26 Å². The van der Waals surface area contributed by atoms with E-state index in [9.17, 15) is 5.21 Å². The van der Waals surface area contributed by atoms with Gasteiger partial charge < -0.3 is 0 Å². The van der Waals surface area contributed by atoms with E-state index in [-0.39, 0.29) is 0 Å². The molecule has 0 spiro atoms. The molecule has 0 fully saturated rings. The molecule has 0 saturated heterocycles. The van der Waals surface area contributed by atoms with Crippen molar-refractivity contribution in [2.24, 2.45) is 0 Å². The summed E-state index contributed by atoms with van der Waals surface area (Å²) in [4.78, 5) is 0. The summed E-state index contributed by atoms with van der Waals surface area (Å²) in [7, 11) is 0. The molecule has 3 heteroatoms. The second-order valence-electron chi connectivity index (χ2n) is 3.76. The maximum absolute atomic E-state index is 9.66. The minimum absolute atomic E-state index is 0.577. The van der Waals surface area contributed by atoms with Gasteiger partial charge >= 0.3 is 0 Å². The van der Waals surface area contributed by atoms with Crippen LogP contribution in [0.25, 0.3) is 0 Å². The fraction of sp³-hybridized carbons (Fsp3) is 0.455. The van der Waals surface area contributed by atoms with E-state index in [1.807, 2.05) is 6.92 Å². The second-order valence-corrected chi connectivity index (χ2v) is 3.76. The van der Waals surface area contributed by atoms with E-state index in [1.54, 1.807) is 0 Å². The van der Waals surface area contributed by atoms with Crippen LogP contribution in [-0.2, 0) is 12.8 Å². The summed E-state index contributed by atoms with van der Waals surface area (Å²) in [5.74, 6) is 0. The van der Waals surface area contributed by atoms with Crippen LogP contribution in [0.1, 0.15) is 35.2 Å². The van der Waals surface area contributed by atoms with Crippen LogP contribution in [0.15, 0.2) is 6.20 Å². The third-order valence-electron chi connectivity index (χ3n) is 2.94. The van der Waals surface area contributed by atoms with E-state index in [1.165, 1.54) is 6.20 Å². The Balaban J connectivity index is 2.66. The van der Waals surface area contributed by atoms with Crippen molar-refractivity contribution in [1.82, 2.24) is 0 Å². The Morgan fingerprint density at radius 1 is 1.43 bits per heavy atom. The minimum atomic E-state index is 0.577. The highest BCUT2D eigenvalue weighted by Gasteiger charge is 2.24. The molecule has 0 unspecified atom stereocenters. The van der Waals surface area contributed by atoms with Gasteiger partial charge in [-0.3, -0.25) is 5.21 Å². The first-order valence-corrected chi connectivity index (χ1v) is 4.90. The maximum Gasteiger partial charge on any atom is 0.240 e. The number of nitriles is 1. The normalized spacial score (nSPS) is 14.6. The third-order valence-corrected chi connectivity index (χ3v) is 2.94. The van der Waals surface area contributed by atoms with Crippen LogP contribution in [0.5, 0.6) is 0 Å². The summed E-state index contributed by atoms with van der Waals surface area (Å²) in [6.07, 6.45) is 5.69. The van der Waals surface area contributed by atoms with Gasteiger partial charge in [-0.25, -0.2) is 0 Å². The highest BCUT2D eigenvalue weighted by Crippen LogP contribution is 2.22. The lowest BCUT2D eigenvalue weighted by Gasteiger charge is -2.13. The summed E-state index contributed by atoms with van der Waals surface area (Å²) >= 11 is 0. The molecule has 1 aromatic heterocycles. The van der Waals surface area contributed by atoms with E-state index in [0.29, 0.717) is 5.56 Å². The highest BCUT2D eigenvalue weighted by atomic mass is 16.5. The first-order valence-electron chi connectivity index (χ1n) is 4.90. The first kappa shape index (κ1) is 9.01. The van der Waals surface area contributed by atoms with Crippen molar-refractivity contribution in [3.63, 3.8) is 0 Å². The van der Waals surface area contributed by atoms with Crippen LogP contribution >= 0.6 is 0 Å².